The van der Waals surface area contributed by atoms with Gasteiger partial charge in [-0.15, -0.1) is 0 Å². The molecule has 0 spiro atoms. The zero-order chi connectivity index (χ0) is 60.2. The summed E-state index contributed by atoms with van der Waals surface area (Å²) in [5.41, 5.74) is 21.5. The topological polar surface area (TPSA) is 9.23 Å². The predicted octanol–water partition coefficient (Wildman–Crippen LogP) is 22.7. The molecule has 0 aromatic heterocycles. The quantitative estimate of drug-likeness (QED) is 0.0937. The third-order valence-corrected chi connectivity index (χ3v) is 15.3. The first kappa shape index (κ1) is 72.8. The van der Waals surface area contributed by atoms with Gasteiger partial charge in [-0.2, -0.15) is 0 Å². The zero-order valence-electron chi connectivity index (χ0n) is 53.0. The molecule has 0 aliphatic heterocycles. The molecule has 0 unspecified atom stereocenters. The minimum atomic E-state index is -0.126. The Morgan fingerprint density at radius 2 is 0.750 bits per heavy atom. The molecule has 0 aliphatic rings. The van der Waals surface area contributed by atoms with Gasteiger partial charge in [0.05, 0.1) is 7.11 Å². The van der Waals surface area contributed by atoms with Crippen molar-refractivity contribution in [2.75, 3.05) is 7.11 Å². The predicted molar refractivity (Wildman–Crippen MR) is 352 cm³/mol. The number of ether oxygens (including phenoxy) is 1. The van der Waals surface area contributed by atoms with E-state index < -0.39 is 0 Å². The van der Waals surface area contributed by atoms with E-state index in [1.165, 1.54) is 84.5 Å². The van der Waals surface area contributed by atoms with Crippen LogP contribution in [0.1, 0.15) is 206 Å². The first-order valence-corrected chi connectivity index (χ1v) is 31.1. The summed E-state index contributed by atoms with van der Waals surface area (Å²) in [5, 5.41) is 1.76. The molecule has 0 radical (unpaired) electrons. The highest BCUT2D eigenvalue weighted by molar-refractivity contribution is 6.31. The number of hydrogen-bond donors (Lipinski definition) is 0. The van der Waals surface area contributed by atoms with Gasteiger partial charge in [-0.25, -0.2) is 8.78 Å². The average Bonchev–Trinajstić information content (AvgIpc) is 3.49. The van der Waals surface area contributed by atoms with E-state index in [1.54, 1.807) is 19.2 Å². The van der Waals surface area contributed by atoms with Gasteiger partial charge in [0.1, 0.15) is 17.4 Å². The summed E-state index contributed by atoms with van der Waals surface area (Å²) < 4.78 is 31.0. The van der Waals surface area contributed by atoms with Crippen LogP contribution in [0.15, 0.2) is 127 Å². The Balaban J connectivity index is 0.000000467. The highest BCUT2D eigenvalue weighted by atomic mass is 35.5. The van der Waals surface area contributed by atoms with E-state index in [0.717, 1.165) is 122 Å². The molecular weight excluding hydrogens is 1030 g/mol. The maximum atomic E-state index is 13.0. The van der Waals surface area contributed by atoms with E-state index >= 15 is 0 Å². The van der Waals surface area contributed by atoms with E-state index in [4.69, 9.17) is 27.9 Å². The van der Waals surface area contributed by atoms with Crippen LogP contribution in [0.5, 0.6) is 5.75 Å². The molecule has 80 heavy (non-hydrogen) atoms. The lowest BCUT2D eigenvalue weighted by Crippen LogP contribution is -1.95. The standard InChI is InChI=1S/C13H20.C11H16O.C11H16.2C10H13Cl.2C10H13F/c1-5-11-7-8-13(10(3)4)9-12(11)6-2;1-4-9-7-6-8-11(12-3)10(9)5-2;1-4-10-7-6-9(3)8-11(10)5-2;1-3-8-5-6-10(11)7-9(8)4-2;1-3-8-6-5-7-10(11)9(8)4-2;1-3-8-5-6-10(11)7-9(8)4-2;1-3-8-6-5-7-10(11)9(8)4-2/h7-10H,5-6H2,1-4H3;6-8H,4-5H2,1-3H3;6-8H,4-5H2,1-3H3;4*5-7H,3-4H2,1-2H3. The number of rotatable bonds is 16. The van der Waals surface area contributed by atoms with Crippen LogP contribution in [0.4, 0.5) is 8.78 Å². The van der Waals surface area contributed by atoms with Crippen LogP contribution >= 0.6 is 23.2 Å². The van der Waals surface area contributed by atoms with Crippen molar-refractivity contribution in [1.82, 2.24) is 0 Å². The maximum absolute atomic E-state index is 13.0. The van der Waals surface area contributed by atoms with Crippen molar-refractivity contribution in [2.24, 2.45) is 0 Å². The second kappa shape index (κ2) is 41.7. The van der Waals surface area contributed by atoms with Gasteiger partial charge in [0.2, 0.25) is 0 Å². The van der Waals surface area contributed by atoms with Crippen LogP contribution in [0.3, 0.4) is 0 Å². The summed E-state index contributed by atoms with van der Waals surface area (Å²) in [6.07, 6.45) is 14.6. The number of hydrogen-bond acceptors (Lipinski definition) is 1. The van der Waals surface area contributed by atoms with E-state index in [-0.39, 0.29) is 11.6 Å². The fourth-order valence-electron chi connectivity index (χ4n) is 9.84. The van der Waals surface area contributed by atoms with Crippen molar-refractivity contribution in [2.45, 2.75) is 214 Å². The molecule has 0 aliphatic carbocycles. The van der Waals surface area contributed by atoms with Crippen LogP contribution in [-0.4, -0.2) is 7.11 Å². The van der Waals surface area contributed by atoms with Crippen LogP contribution in [0.25, 0.3) is 0 Å². The highest BCUT2D eigenvalue weighted by Gasteiger charge is 2.07. The lowest BCUT2D eigenvalue weighted by atomic mass is 9.95. The molecule has 438 valence electrons. The smallest absolute Gasteiger partial charge is 0.126 e. The molecule has 0 saturated carbocycles. The number of methoxy groups -OCH3 is 1. The summed E-state index contributed by atoms with van der Waals surface area (Å²) in [5.74, 6) is 1.49. The van der Waals surface area contributed by atoms with Gasteiger partial charge in [-0.3, -0.25) is 0 Å². The van der Waals surface area contributed by atoms with Crippen molar-refractivity contribution in [3.8, 4) is 5.75 Å². The van der Waals surface area contributed by atoms with E-state index in [0.29, 0.717) is 5.92 Å². The van der Waals surface area contributed by atoms with Crippen molar-refractivity contribution >= 4 is 23.2 Å². The molecule has 0 heterocycles. The Bertz CT molecular complexity index is 2600. The largest absolute Gasteiger partial charge is 0.496 e. The number of aryl methyl sites for hydroxylation is 12. The highest BCUT2D eigenvalue weighted by Crippen LogP contribution is 2.24. The van der Waals surface area contributed by atoms with Crippen LogP contribution in [0, 0.1) is 18.6 Å². The van der Waals surface area contributed by atoms with Gasteiger partial charge in [0.15, 0.2) is 0 Å². The molecule has 1 nitrogen and oxygen atoms in total. The fourth-order valence-corrected chi connectivity index (χ4v) is 10.4. The first-order valence-electron chi connectivity index (χ1n) is 30.3. The van der Waals surface area contributed by atoms with Crippen LogP contribution in [0.2, 0.25) is 10.0 Å². The van der Waals surface area contributed by atoms with E-state index in [1.807, 2.05) is 57.2 Å². The van der Waals surface area contributed by atoms with E-state index in [9.17, 15) is 8.78 Å². The summed E-state index contributed by atoms with van der Waals surface area (Å²) in [7, 11) is 1.73. The van der Waals surface area contributed by atoms with Gasteiger partial charge in [-0.1, -0.05) is 224 Å². The molecule has 0 bridgehead atoms. The third-order valence-electron chi connectivity index (χ3n) is 14.7. The van der Waals surface area contributed by atoms with Gasteiger partial charge >= 0.3 is 0 Å². The molecule has 7 aromatic carbocycles. The van der Waals surface area contributed by atoms with Crippen LogP contribution < -0.4 is 4.74 Å². The Kier molecular flexibility index (Phi) is 38.0. The molecule has 0 N–H and O–H groups in total. The summed E-state index contributed by atoms with van der Waals surface area (Å²) >= 11 is 11.9. The Labute approximate surface area is 498 Å². The molecule has 0 saturated heterocycles. The van der Waals surface area contributed by atoms with Gasteiger partial charge in [0, 0.05) is 10.0 Å². The molecule has 7 rings (SSSR count). The van der Waals surface area contributed by atoms with Crippen molar-refractivity contribution < 1.29 is 13.5 Å². The number of benzene rings is 7. The average molecular weight is 1130 g/mol. The third kappa shape index (κ3) is 24.9. The molecule has 0 amide bonds. The lowest BCUT2D eigenvalue weighted by Gasteiger charge is -2.11. The number of halogens is 4. The summed E-state index contributed by atoms with van der Waals surface area (Å²) in [6.45, 7) is 36.7. The fraction of sp³-hybridized carbons (Fsp3) is 0.440. The normalized spacial score (nSPS) is 10.2. The van der Waals surface area contributed by atoms with Crippen molar-refractivity contribution in [1.29, 1.82) is 0 Å². The van der Waals surface area contributed by atoms with Gasteiger partial charge in [-0.05, 0) is 229 Å². The van der Waals surface area contributed by atoms with E-state index in [2.05, 4.69) is 164 Å². The zero-order valence-corrected chi connectivity index (χ0v) is 54.5. The monoisotopic (exact) mass is 1130 g/mol. The van der Waals surface area contributed by atoms with Crippen molar-refractivity contribution in [3.63, 3.8) is 0 Å². The SMILES string of the molecule is CCc1ccc(C(C)C)cc1CC.CCc1ccc(C)cc1CC.CCc1ccc(Cl)cc1CC.CCc1ccc(F)cc1CC.CCc1cccc(Cl)c1CC.CCc1cccc(F)c1CC.CCc1cccc(OC)c1CC. The first-order chi connectivity index (χ1) is 38.4. The Morgan fingerprint density at radius 1 is 0.362 bits per heavy atom. The Morgan fingerprint density at radius 3 is 1.19 bits per heavy atom. The van der Waals surface area contributed by atoms with Gasteiger partial charge in [0.25, 0.3) is 0 Å². The minimum Gasteiger partial charge on any atom is -0.496 e. The van der Waals surface area contributed by atoms with Gasteiger partial charge < -0.3 is 4.74 Å². The Hall–Kier alpha value is -5.22. The summed E-state index contributed by atoms with van der Waals surface area (Å²) in [6, 6.07) is 42.4. The van der Waals surface area contributed by atoms with Crippen molar-refractivity contribution in [3.05, 3.63) is 238 Å². The van der Waals surface area contributed by atoms with Crippen LogP contribution in [-0.2, 0) is 89.9 Å². The molecule has 0 fully saturated rings. The molecule has 0 atom stereocenters. The minimum absolute atomic E-state index is 0.0631. The molecule has 7 aromatic rings. The summed E-state index contributed by atoms with van der Waals surface area (Å²) in [4.78, 5) is 0. The molecular formula is C75H104Cl2F2O. The lowest BCUT2D eigenvalue weighted by molar-refractivity contribution is 0.409. The maximum Gasteiger partial charge on any atom is 0.126 e. The second-order valence-corrected chi connectivity index (χ2v) is 20.9. The second-order valence-electron chi connectivity index (χ2n) is 20.1. The molecule has 5 heteroatoms.